The number of benzene rings is 1. The summed E-state index contributed by atoms with van der Waals surface area (Å²) in [6.07, 6.45) is 0. The average Bonchev–Trinajstić information content (AvgIpc) is 2.79. The van der Waals surface area contributed by atoms with Crippen molar-refractivity contribution in [1.29, 1.82) is 0 Å². The molecule has 2 fully saturated rings. The predicted octanol–water partition coefficient (Wildman–Crippen LogP) is -0.545. The van der Waals surface area contributed by atoms with Gasteiger partial charge in [-0.2, -0.15) is 4.31 Å². The summed E-state index contributed by atoms with van der Waals surface area (Å²) in [6.45, 7) is 6.50. The van der Waals surface area contributed by atoms with Crippen molar-refractivity contribution < 1.29 is 27.5 Å². The van der Waals surface area contributed by atoms with Crippen LogP contribution >= 0.6 is 0 Å². The second-order valence-corrected chi connectivity index (χ2v) is 9.81. The highest BCUT2D eigenvalue weighted by Gasteiger charge is 2.32. The molecule has 11 heteroatoms. The lowest BCUT2D eigenvalue weighted by molar-refractivity contribution is -0.135. The standard InChI is InChI=1S/C20H28N4O6S/c1-16(25)22-6-4-21(5-7-22)15-20(26)23-8-10-24(11-9-23)31(27,28)17-2-3-18-19(14-17)30-13-12-29-18/h2-3,14H,4-13,15H2,1H3. The largest absolute Gasteiger partial charge is 0.486 e. The summed E-state index contributed by atoms with van der Waals surface area (Å²) in [7, 11) is -3.67. The Morgan fingerprint density at radius 3 is 2.13 bits per heavy atom. The molecule has 0 aliphatic carbocycles. The van der Waals surface area contributed by atoms with Gasteiger partial charge in [-0.25, -0.2) is 8.42 Å². The maximum Gasteiger partial charge on any atom is 0.243 e. The first-order valence-electron chi connectivity index (χ1n) is 10.5. The fraction of sp³-hybridized carbons (Fsp3) is 0.600. The van der Waals surface area contributed by atoms with Crippen LogP contribution in [0.4, 0.5) is 0 Å². The average molecular weight is 453 g/mol. The number of rotatable bonds is 4. The highest BCUT2D eigenvalue weighted by Crippen LogP contribution is 2.33. The minimum absolute atomic E-state index is 0.00680. The first-order valence-corrected chi connectivity index (χ1v) is 11.9. The van der Waals surface area contributed by atoms with E-state index in [0.717, 1.165) is 0 Å². The number of carbonyl (C=O) groups excluding carboxylic acids is 2. The van der Waals surface area contributed by atoms with E-state index in [-0.39, 0.29) is 29.8 Å². The van der Waals surface area contributed by atoms with E-state index < -0.39 is 10.0 Å². The Bertz CT molecular complexity index is 937. The lowest BCUT2D eigenvalue weighted by Gasteiger charge is -2.37. The van der Waals surface area contributed by atoms with Crippen molar-refractivity contribution in [2.75, 3.05) is 72.1 Å². The molecule has 1 aromatic rings. The molecule has 0 saturated carbocycles. The Morgan fingerprint density at radius 2 is 1.48 bits per heavy atom. The fourth-order valence-corrected chi connectivity index (χ4v) is 5.46. The Hall–Kier alpha value is -2.37. The molecular weight excluding hydrogens is 424 g/mol. The van der Waals surface area contributed by atoms with Gasteiger partial charge in [-0.3, -0.25) is 14.5 Å². The van der Waals surface area contributed by atoms with E-state index in [1.807, 2.05) is 4.90 Å². The van der Waals surface area contributed by atoms with Crippen LogP contribution in [0.2, 0.25) is 0 Å². The molecule has 0 bridgehead atoms. The maximum absolute atomic E-state index is 13.0. The molecular formula is C20H28N4O6S. The maximum atomic E-state index is 13.0. The molecule has 0 unspecified atom stereocenters. The first-order chi connectivity index (χ1) is 14.8. The van der Waals surface area contributed by atoms with Crippen LogP contribution in [-0.2, 0) is 19.6 Å². The summed E-state index contributed by atoms with van der Waals surface area (Å²) in [5.41, 5.74) is 0. The third-order valence-corrected chi connectivity index (χ3v) is 7.81. The summed E-state index contributed by atoms with van der Waals surface area (Å²) in [5, 5.41) is 0. The van der Waals surface area contributed by atoms with E-state index in [9.17, 15) is 18.0 Å². The Morgan fingerprint density at radius 1 is 0.871 bits per heavy atom. The molecule has 2 amide bonds. The third-order valence-electron chi connectivity index (χ3n) is 5.92. The summed E-state index contributed by atoms with van der Waals surface area (Å²) >= 11 is 0. The van der Waals surface area contributed by atoms with Crippen molar-refractivity contribution in [3.63, 3.8) is 0 Å². The minimum Gasteiger partial charge on any atom is -0.486 e. The van der Waals surface area contributed by atoms with E-state index in [0.29, 0.717) is 70.5 Å². The lowest BCUT2D eigenvalue weighted by Crippen LogP contribution is -2.54. The molecule has 4 rings (SSSR count). The minimum atomic E-state index is -3.67. The van der Waals surface area contributed by atoms with E-state index in [1.165, 1.54) is 16.4 Å². The zero-order chi connectivity index (χ0) is 22.0. The van der Waals surface area contributed by atoms with Crippen molar-refractivity contribution >= 4 is 21.8 Å². The molecule has 0 radical (unpaired) electrons. The molecule has 0 spiro atoms. The molecule has 0 N–H and O–H groups in total. The number of amides is 2. The van der Waals surface area contributed by atoms with Gasteiger partial charge in [-0.15, -0.1) is 0 Å². The topological polar surface area (TPSA) is 99.7 Å². The summed E-state index contributed by atoms with van der Waals surface area (Å²) in [6, 6.07) is 4.65. The number of hydrogen-bond acceptors (Lipinski definition) is 7. The quantitative estimate of drug-likeness (QED) is 0.605. The van der Waals surface area contributed by atoms with Crippen molar-refractivity contribution in [3.05, 3.63) is 18.2 Å². The molecule has 3 aliphatic rings. The molecule has 1 aromatic carbocycles. The summed E-state index contributed by atoms with van der Waals surface area (Å²) in [5.74, 6) is 1.03. The van der Waals surface area contributed by atoms with Gasteiger partial charge in [-0.1, -0.05) is 0 Å². The van der Waals surface area contributed by atoms with Crippen molar-refractivity contribution in [1.82, 2.24) is 19.0 Å². The van der Waals surface area contributed by atoms with Gasteiger partial charge in [0, 0.05) is 65.3 Å². The molecule has 3 aliphatic heterocycles. The number of ether oxygens (including phenoxy) is 2. The van der Waals surface area contributed by atoms with Crippen LogP contribution in [0, 0.1) is 0 Å². The van der Waals surface area contributed by atoms with Crippen LogP contribution in [-0.4, -0.2) is 111 Å². The number of fused-ring (bicyclic) bond motifs is 1. The number of sulfonamides is 1. The molecule has 3 heterocycles. The van der Waals surface area contributed by atoms with E-state index in [2.05, 4.69) is 0 Å². The van der Waals surface area contributed by atoms with Gasteiger partial charge >= 0.3 is 0 Å². The van der Waals surface area contributed by atoms with Gasteiger partial charge in [0.05, 0.1) is 11.4 Å². The van der Waals surface area contributed by atoms with Gasteiger partial charge in [0.2, 0.25) is 21.8 Å². The smallest absolute Gasteiger partial charge is 0.243 e. The summed E-state index contributed by atoms with van der Waals surface area (Å²) in [4.78, 5) is 29.8. The van der Waals surface area contributed by atoms with Crippen LogP contribution in [0.25, 0.3) is 0 Å². The van der Waals surface area contributed by atoms with E-state index in [1.54, 1.807) is 22.8 Å². The number of carbonyl (C=O) groups is 2. The third kappa shape index (κ3) is 4.78. The normalized spacial score (nSPS) is 20.5. The van der Waals surface area contributed by atoms with Crippen LogP contribution < -0.4 is 9.47 Å². The van der Waals surface area contributed by atoms with Crippen LogP contribution in [0.15, 0.2) is 23.1 Å². The summed E-state index contributed by atoms with van der Waals surface area (Å²) < 4.78 is 38.4. The molecule has 10 nitrogen and oxygen atoms in total. The monoisotopic (exact) mass is 452 g/mol. The van der Waals surface area contributed by atoms with Crippen molar-refractivity contribution in [2.45, 2.75) is 11.8 Å². The zero-order valence-electron chi connectivity index (χ0n) is 17.7. The van der Waals surface area contributed by atoms with Crippen LogP contribution in [0.1, 0.15) is 6.92 Å². The van der Waals surface area contributed by atoms with Gasteiger partial charge in [0.1, 0.15) is 13.2 Å². The Kier molecular flexibility index (Phi) is 6.35. The zero-order valence-corrected chi connectivity index (χ0v) is 18.5. The number of piperazine rings is 2. The molecule has 0 aromatic heterocycles. The number of hydrogen-bond donors (Lipinski definition) is 0. The second-order valence-electron chi connectivity index (χ2n) is 7.87. The van der Waals surface area contributed by atoms with Gasteiger partial charge in [0.15, 0.2) is 11.5 Å². The van der Waals surface area contributed by atoms with Crippen molar-refractivity contribution in [2.24, 2.45) is 0 Å². The van der Waals surface area contributed by atoms with Crippen LogP contribution in [0.5, 0.6) is 11.5 Å². The fourth-order valence-electron chi connectivity index (χ4n) is 4.02. The van der Waals surface area contributed by atoms with Gasteiger partial charge in [0.25, 0.3) is 0 Å². The lowest BCUT2D eigenvalue weighted by atomic mass is 10.3. The van der Waals surface area contributed by atoms with E-state index in [4.69, 9.17) is 9.47 Å². The highest BCUT2D eigenvalue weighted by atomic mass is 32.2. The van der Waals surface area contributed by atoms with Gasteiger partial charge in [-0.05, 0) is 12.1 Å². The Balaban J connectivity index is 1.31. The molecule has 31 heavy (non-hydrogen) atoms. The van der Waals surface area contributed by atoms with Gasteiger partial charge < -0.3 is 19.3 Å². The molecule has 2 saturated heterocycles. The molecule has 170 valence electrons. The van der Waals surface area contributed by atoms with Crippen LogP contribution in [0.3, 0.4) is 0 Å². The molecule has 0 atom stereocenters. The SMILES string of the molecule is CC(=O)N1CCN(CC(=O)N2CCN(S(=O)(=O)c3ccc4c(c3)OCCO4)CC2)CC1. The highest BCUT2D eigenvalue weighted by molar-refractivity contribution is 7.89. The predicted molar refractivity (Wildman–Crippen MR) is 111 cm³/mol. The number of nitrogens with zero attached hydrogens (tertiary/aromatic N) is 4. The first kappa shape index (κ1) is 21.8. The van der Waals surface area contributed by atoms with E-state index >= 15 is 0 Å². The Labute approximate surface area is 182 Å². The van der Waals surface area contributed by atoms with Crippen molar-refractivity contribution in [3.8, 4) is 11.5 Å². The second kappa shape index (κ2) is 9.01.